The van der Waals surface area contributed by atoms with E-state index >= 15 is 0 Å². The van der Waals surface area contributed by atoms with Crippen LogP contribution in [0.15, 0.2) is 79.0 Å². The molecule has 174 valence electrons. The van der Waals surface area contributed by atoms with E-state index in [4.69, 9.17) is 11.5 Å². The van der Waals surface area contributed by atoms with Crippen LogP contribution in [0.5, 0.6) is 0 Å². The highest BCUT2D eigenvalue weighted by atomic mass is 16.2. The summed E-state index contributed by atoms with van der Waals surface area (Å²) in [6, 6.07) is 22.2. The lowest BCUT2D eigenvalue weighted by Crippen LogP contribution is -2.25. The number of H-pyrrole nitrogens is 2. The highest BCUT2D eigenvalue weighted by Gasteiger charge is 2.26. The molecule has 5 aromatic rings. The van der Waals surface area contributed by atoms with E-state index in [0.717, 1.165) is 22.0 Å². The fourth-order valence-electron chi connectivity index (χ4n) is 4.11. The largest absolute Gasteiger partial charge is 0.382 e. The average Bonchev–Trinajstić information content (AvgIpc) is 3.48. The number of carbonyl (C=O) groups excluding carboxylic acids is 2. The summed E-state index contributed by atoms with van der Waals surface area (Å²) >= 11 is 0. The van der Waals surface area contributed by atoms with Gasteiger partial charge in [0, 0.05) is 16.6 Å². The van der Waals surface area contributed by atoms with Crippen molar-refractivity contribution in [2.75, 3.05) is 11.1 Å². The Morgan fingerprint density at radius 1 is 1.00 bits per heavy atom. The number of primary amides is 1. The minimum absolute atomic E-state index is 0.195. The standard InChI is InChI=1S/C26H23N7O2/c27-24-18-11-10-16(13-20(18)32-33-24)21-14-29-26(31-21)23(25(28)35)17-8-4-5-9-19(17)30-22(34)12-15-6-2-1-3-7-15/h1-11,13-14,23H,12H2,(H2,28,35)(H,29,31)(H,30,34)(H3,27,32,33). The first-order chi connectivity index (χ1) is 17.0. The van der Waals surface area contributed by atoms with Crippen LogP contribution in [0.4, 0.5) is 11.5 Å². The zero-order valence-corrected chi connectivity index (χ0v) is 18.7. The number of nitrogens with one attached hydrogen (secondary N) is 3. The molecule has 1 unspecified atom stereocenters. The molecular formula is C26H23N7O2. The van der Waals surface area contributed by atoms with Gasteiger partial charge in [0.2, 0.25) is 11.8 Å². The number of fused-ring (bicyclic) bond motifs is 1. The molecule has 2 heterocycles. The van der Waals surface area contributed by atoms with E-state index in [0.29, 0.717) is 28.6 Å². The summed E-state index contributed by atoms with van der Waals surface area (Å²) in [7, 11) is 0. The monoisotopic (exact) mass is 465 g/mol. The lowest BCUT2D eigenvalue weighted by molar-refractivity contribution is -0.119. The highest BCUT2D eigenvalue weighted by Crippen LogP contribution is 2.31. The zero-order valence-electron chi connectivity index (χ0n) is 18.7. The summed E-state index contributed by atoms with van der Waals surface area (Å²) in [5, 5.41) is 10.6. The molecule has 0 radical (unpaired) electrons. The summed E-state index contributed by atoms with van der Waals surface area (Å²) in [5.41, 5.74) is 15.9. The van der Waals surface area contributed by atoms with E-state index in [9.17, 15) is 9.59 Å². The molecule has 0 aliphatic rings. The highest BCUT2D eigenvalue weighted by molar-refractivity contribution is 5.95. The average molecular weight is 466 g/mol. The van der Waals surface area contributed by atoms with Crippen LogP contribution in [0.25, 0.3) is 22.2 Å². The lowest BCUT2D eigenvalue weighted by atomic mass is 9.95. The Labute approximate surface area is 200 Å². The first-order valence-electron chi connectivity index (χ1n) is 11.0. The van der Waals surface area contributed by atoms with Crippen molar-refractivity contribution in [2.45, 2.75) is 12.3 Å². The van der Waals surface area contributed by atoms with Crippen molar-refractivity contribution in [1.29, 1.82) is 0 Å². The van der Waals surface area contributed by atoms with Crippen molar-refractivity contribution in [3.05, 3.63) is 95.9 Å². The molecule has 3 aromatic carbocycles. The smallest absolute Gasteiger partial charge is 0.232 e. The van der Waals surface area contributed by atoms with Gasteiger partial charge in [0.05, 0.1) is 23.8 Å². The van der Waals surface area contributed by atoms with Gasteiger partial charge in [0.1, 0.15) is 11.7 Å². The second-order valence-electron chi connectivity index (χ2n) is 8.18. The first-order valence-corrected chi connectivity index (χ1v) is 11.0. The van der Waals surface area contributed by atoms with Crippen LogP contribution in [0.1, 0.15) is 22.9 Å². The van der Waals surface area contributed by atoms with Crippen molar-refractivity contribution in [3.63, 3.8) is 0 Å². The Balaban J connectivity index is 1.44. The molecule has 9 heteroatoms. The molecule has 0 saturated carbocycles. The van der Waals surface area contributed by atoms with Gasteiger partial charge < -0.3 is 21.8 Å². The molecule has 0 saturated heterocycles. The van der Waals surface area contributed by atoms with Crippen molar-refractivity contribution < 1.29 is 9.59 Å². The van der Waals surface area contributed by atoms with Crippen LogP contribution in [0.3, 0.4) is 0 Å². The number of carbonyl (C=O) groups is 2. The SMILES string of the molecule is NC(=O)C(c1ncc(-c2ccc3c(N)n[nH]c3c2)[nH]1)c1ccccc1NC(=O)Cc1ccccc1. The van der Waals surface area contributed by atoms with E-state index in [1.165, 1.54) is 0 Å². The number of benzene rings is 3. The quantitative estimate of drug-likeness (QED) is 0.249. The number of nitrogen functional groups attached to an aromatic ring is 1. The molecule has 7 N–H and O–H groups in total. The van der Waals surface area contributed by atoms with Crippen LogP contribution in [-0.2, 0) is 16.0 Å². The predicted molar refractivity (Wildman–Crippen MR) is 134 cm³/mol. The van der Waals surface area contributed by atoms with E-state index < -0.39 is 11.8 Å². The topological polar surface area (TPSA) is 156 Å². The third kappa shape index (κ3) is 4.47. The summed E-state index contributed by atoms with van der Waals surface area (Å²) in [6.07, 6.45) is 1.85. The Kier molecular flexibility index (Phi) is 5.72. The van der Waals surface area contributed by atoms with Crippen LogP contribution < -0.4 is 16.8 Å². The Morgan fingerprint density at radius 3 is 2.57 bits per heavy atom. The van der Waals surface area contributed by atoms with Crippen LogP contribution in [-0.4, -0.2) is 32.0 Å². The molecule has 2 aromatic heterocycles. The van der Waals surface area contributed by atoms with Gasteiger partial charge >= 0.3 is 0 Å². The van der Waals surface area contributed by atoms with E-state index in [2.05, 4.69) is 25.5 Å². The number of hydrogen-bond acceptors (Lipinski definition) is 5. The zero-order chi connectivity index (χ0) is 24.4. The third-order valence-corrected chi connectivity index (χ3v) is 5.81. The number of nitrogens with zero attached hydrogens (tertiary/aromatic N) is 2. The molecule has 0 aliphatic heterocycles. The summed E-state index contributed by atoms with van der Waals surface area (Å²) in [4.78, 5) is 32.9. The molecular weight excluding hydrogens is 442 g/mol. The number of rotatable bonds is 7. The minimum atomic E-state index is -0.886. The summed E-state index contributed by atoms with van der Waals surface area (Å²) in [5.74, 6) is -0.867. The number of para-hydroxylation sites is 1. The van der Waals surface area contributed by atoms with Crippen molar-refractivity contribution in [3.8, 4) is 11.3 Å². The van der Waals surface area contributed by atoms with Crippen LogP contribution >= 0.6 is 0 Å². The van der Waals surface area contributed by atoms with Gasteiger partial charge in [0.15, 0.2) is 5.82 Å². The molecule has 0 spiro atoms. The number of aromatic amines is 2. The first kappa shape index (κ1) is 21.9. The van der Waals surface area contributed by atoms with E-state index in [1.54, 1.807) is 30.5 Å². The van der Waals surface area contributed by atoms with Crippen molar-refractivity contribution >= 4 is 34.2 Å². The maximum atomic E-state index is 12.7. The van der Waals surface area contributed by atoms with Gasteiger partial charge in [-0.3, -0.25) is 14.7 Å². The van der Waals surface area contributed by atoms with Crippen molar-refractivity contribution in [1.82, 2.24) is 20.2 Å². The molecule has 5 rings (SSSR count). The van der Waals surface area contributed by atoms with E-state index in [-0.39, 0.29) is 12.3 Å². The maximum Gasteiger partial charge on any atom is 0.232 e. The Bertz CT molecular complexity index is 1520. The third-order valence-electron chi connectivity index (χ3n) is 5.81. The molecule has 35 heavy (non-hydrogen) atoms. The van der Waals surface area contributed by atoms with Gasteiger partial charge in [-0.05, 0) is 29.3 Å². The second-order valence-corrected chi connectivity index (χ2v) is 8.18. The van der Waals surface area contributed by atoms with Crippen LogP contribution in [0, 0.1) is 0 Å². The van der Waals surface area contributed by atoms with Gasteiger partial charge in [-0.2, -0.15) is 5.10 Å². The normalized spacial score (nSPS) is 11.9. The number of anilines is 2. The second kappa shape index (κ2) is 9.14. The fraction of sp³-hybridized carbons (Fsp3) is 0.0769. The van der Waals surface area contributed by atoms with Gasteiger partial charge in [-0.25, -0.2) is 4.98 Å². The summed E-state index contributed by atoms with van der Waals surface area (Å²) < 4.78 is 0. The van der Waals surface area contributed by atoms with Crippen molar-refractivity contribution in [2.24, 2.45) is 5.73 Å². The number of hydrogen-bond donors (Lipinski definition) is 5. The fourth-order valence-corrected chi connectivity index (χ4v) is 4.11. The van der Waals surface area contributed by atoms with Gasteiger partial charge in [0.25, 0.3) is 0 Å². The minimum Gasteiger partial charge on any atom is -0.382 e. The van der Waals surface area contributed by atoms with E-state index in [1.807, 2.05) is 48.5 Å². The van der Waals surface area contributed by atoms with Gasteiger partial charge in [-0.15, -0.1) is 0 Å². The molecule has 0 bridgehead atoms. The van der Waals surface area contributed by atoms with Gasteiger partial charge in [-0.1, -0.05) is 54.6 Å². The maximum absolute atomic E-state index is 12.7. The molecule has 9 nitrogen and oxygen atoms in total. The number of nitrogens with two attached hydrogens (primary N) is 2. The Morgan fingerprint density at radius 2 is 1.77 bits per heavy atom. The number of imidazole rings is 1. The lowest BCUT2D eigenvalue weighted by Gasteiger charge is -2.17. The molecule has 0 aliphatic carbocycles. The summed E-state index contributed by atoms with van der Waals surface area (Å²) in [6.45, 7) is 0. The van der Waals surface area contributed by atoms with Crippen LogP contribution in [0.2, 0.25) is 0 Å². The number of amides is 2. The predicted octanol–water partition coefficient (Wildman–Crippen LogP) is 3.33. The number of aromatic nitrogens is 4. The molecule has 1 atom stereocenters. The molecule has 0 fully saturated rings. The Hall–Kier alpha value is -4.92. The molecule has 2 amide bonds.